The van der Waals surface area contributed by atoms with Gasteiger partial charge >= 0.3 is 5.69 Å². The molecular weight excluding hydrogens is 194 g/mol. The Morgan fingerprint density at radius 3 is 2.73 bits per heavy atom. The monoisotopic (exact) mass is 209 g/mol. The summed E-state index contributed by atoms with van der Waals surface area (Å²) in [6, 6.07) is 0. The topological polar surface area (TPSA) is 75.6 Å². The van der Waals surface area contributed by atoms with Gasteiger partial charge in [-0.2, -0.15) is 4.98 Å². The minimum Gasteiger partial charge on any atom is -0.357 e. The number of nitrogens with one attached hydrogen (secondary N) is 2. The summed E-state index contributed by atoms with van der Waals surface area (Å²) in [4.78, 5) is 21.9. The van der Waals surface area contributed by atoms with Crippen molar-refractivity contribution in [3.8, 4) is 0 Å². The highest BCUT2D eigenvalue weighted by Crippen LogP contribution is 2.06. The smallest absolute Gasteiger partial charge is 0.327 e. The fourth-order valence-electron chi connectivity index (χ4n) is 1.13. The molecule has 0 radical (unpaired) electrons. The Hall–Kier alpha value is -1.85. The van der Waals surface area contributed by atoms with Crippen molar-refractivity contribution in [2.75, 3.05) is 12.4 Å². The molecule has 2 rings (SSSR count). The van der Waals surface area contributed by atoms with E-state index in [4.69, 9.17) is 0 Å². The van der Waals surface area contributed by atoms with Crippen LogP contribution in [0.1, 0.15) is 13.8 Å². The first-order chi connectivity index (χ1) is 7.22. The van der Waals surface area contributed by atoms with Crippen LogP contribution in [0.3, 0.4) is 0 Å². The van der Waals surface area contributed by atoms with Crippen LogP contribution in [0.2, 0.25) is 0 Å². The van der Waals surface area contributed by atoms with Crippen LogP contribution in [0, 0.1) is 0 Å². The second-order valence-electron chi connectivity index (χ2n) is 2.67. The van der Waals surface area contributed by atoms with Gasteiger partial charge in [-0.05, 0) is 0 Å². The molecule has 2 N–H and O–H groups in total. The van der Waals surface area contributed by atoms with Crippen molar-refractivity contribution in [2.24, 2.45) is 7.05 Å². The first-order valence-electron chi connectivity index (χ1n) is 4.82. The van der Waals surface area contributed by atoms with Crippen LogP contribution in [0.4, 0.5) is 5.95 Å². The molecule has 0 bridgehead atoms. The Labute approximate surface area is 87.4 Å². The summed E-state index contributed by atoms with van der Waals surface area (Å²) in [5.41, 5.74) is 1.06. The molecule has 0 aliphatic carbocycles. The Morgan fingerprint density at radius 2 is 2.13 bits per heavy atom. The molecule has 0 fully saturated rings. The second-order valence-corrected chi connectivity index (χ2v) is 2.67. The third-order valence-electron chi connectivity index (χ3n) is 1.86. The van der Waals surface area contributed by atoms with Crippen LogP contribution in [0.15, 0.2) is 11.0 Å². The molecule has 0 aromatic carbocycles. The van der Waals surface area contributed by atoms with Crippen LogP contribution < -0.4 is 11.0 Å². The van der Waals surface area contributed by atoms with Crippen molar-refractivity contribution < 1.29 is 0 Å². The summed E-state index contributed by atoms with van der Waals surface area (Å²) in [5, 5.41) is 2.80. The Kier molecular flexibility index (Phi) is 3.43. The maximum absolute atomic E-state index is 11.2. The molecule has 2 aromatic rings. The highest BCUT2D eigenvalue weighted by atomic mass is 16.1. The van der Waals surface area contributed by atoms with Gasteiger partial charge in [-0.3, -0.25) is 4.57 Å². The molecule has 0 aliphatic heterocycles. The number of hydrogen-bond acceptors (Lipinski definition) is 4. The molecule has 15 heavy (non-hydrogen) atoms. The van der Waals surface area contributed by atoms with Gasteiger partial charge in [-0.25, -0.2) is 9.78 Å². The van der Waals surface area contributed by atoms with Crippen LogP contribution in [-0.4, -0.2) is 26.6 Å². The van der Waals surface area contributed by atoms with E-state index >= 15 is 0 Å². The second kappa shape index (κ2) is 4.59. The lowest BCUT2D eigenvalue weighted by Crippen LogP contribution is -2.12. The van der Waals surface area contributed by atoms with Gasteiger partial charge < -0.3 is 10.3 Å². The minimum atomic E-state index is -0.183. The number of rotatable bonds is 1. The predicted molar refractivity (Wildman–Crippen MR) is 60.0 cm³/mol. The third kappa shape index (κ3) is 1.98. The number of anilines is 1. The molecule has 6 heteroatoms. The van der Waals surface area contributed by atoms with Crippen molar-refractivity contribution >= 4 is 17.1 Å². The molecule has 0 spiro atoms. The Morgan fingerprint density at radius 1 is 1.47 bits per heavy atom. The van der Waals surface area contributed by atoms with E-state index < -0.39 is 0 Å². The molecule has 0 saturated carbocycles. The van der Waals surface area contributed by atoms with Crippen LogP contribution >= 0.6 is 0 Å². The van der Waals surface area contributed by atoms with Gasteiger partial charge in [-0.1, -0.05) is 13.8 Å². The van der Waals surface area contributed by atoms with E-state index in [1.807, 2.05) is 13.8 Å². The maximum Gasteiger partial charge on any atom is 0.327 e. The third-order valence-corrected chi connectivity index (χ3v) is 1.86. The number of H-pyrrole nitrogens is 1. The van der Waals surface area contributed by atoms with E-state index in [2.05, 4.69) is 20.3 Å². The number of aromatic nitrogens is 4. The number of aromatic amines is 1. The molecule has 0 saturated heterocycles. The fraction of sp³-hybridized carbons (Fsp3) is 0.444. The van der Waals surface area contributed by atoms with Gasteiger partial charge in [-0.15, -0.1) is 0 Å². The zero-order valence-corrected chi connectivity index (χ0v) is 9.33. The van der Waals surface area contributed by atoms with Crippen LogP contribution in [0.5, 0.6) is 0 Å². The van der Waals surface area contributed by atoms with E-state index in [1.165, 1.54) is 4.57 Å². The van der Waals surface area contributed by atoms with E-state index in [-0.39, 0.29) is 5.69 Å². The number of fused-ring (bicyclic) bond motifs is 1. The fourth-order valence-corrected chi connectivity index (χ4v) is 1.13. The van der Waals surface area contributed by atoms with Crippen molar-refractivity contribution in [3.05, 3.63) is 16.7 Å². The van der Waals surface area contributed by atoms with Crippen molar-refractivity contribution in [2.45, 2.75) is 13.8 Å². The predicted octanol–water partition coefficient (Wildman–Crippen LogP) is 0.724. The van der Waals surface area contributed by atoms with E-state index in [0.29, 0.717) is 17.1 Å². The maximum atomic E-state index is 11.2. The van der Waals surface area contributed by atoms with Gasteiger partial charge in [0.15, 0.2) is 5.65 Å². The number of imidazole rings is 1. The van der Waals surface area contributed by atoms with Crippen molar-refractivity contribution in [3.63, 3.8) is 0 Å². The van der Waals surface area contributed by atoms with E-state index in [9.17, 15) is 4.79 Å². The summed E-state index contributed by atoms with van der Waals surface area (Å²) in [5.74, 6) is 0.502. The largest absolute Gasteiger partial charge is 0.357 e. The summed E-state index contributed by atoms with van der Waals surface area (Å²) < 4.78 is 1.44. The number of hydrogen-bond donors (Lipinski definition) is 2. The van der Waals surface area contributed by atoms with E-state index in [1.54, 1.807) is 20.3 Å². The van der Waals surface area contributed by atoms with Crippen molar-refractivity contribution in [1.82, 2.24) is 19.5 Å². The molecule has 0 aliphatic rings. The summed E-state index contributed by atoms with van der Waals surface area (Å²) >= 11 is 0. The molecule has 82 valence electrons. The highest BCUT2D eigenvalue weighted by Gasteiger charge is 2.04. The SMILES string of the molecule is CC.CNc1ncc2[nH]c(=O)n(C)c2n1. The lowest BCUT2D eigenvalue weighted by Gasteiger charge is -1.97. The summed E-state index contributed by atoms with van der Waals surface area (Å²) in [6.45, 7) is 4.00. The average Bonchev–Trinajstić information content (AvgIpc) is 2.57. The molecule has 0 unspecified atom stereocenters. The van der Waals surface area contributed by atoms with Gasteiger partial charge in [0, 0.05) is 14.1 Å². The molecular formula is C9H15N5O. The van der Waals surface area contributed by atoms with Crippen molar-refractivity contribution in [1.29, 1.82) is 0 Å². The zero-order valence-electron chi connectivity index (χ0n) is 9.33. The highest BCUT2D eigenvalue weighted by molar-refractivity contribution is 5.70. The van der Waals surface area contributed by atoms with Gasteiger partial charge in [0.1, 0.15) is 5.52 Å². The normalized spacial score (nSPS) is 9.60. The average molecular weight is 209 g/mol. The molecule has 2 heterocycles. The van der Waals surface area contributed by atoms with Gasteiger partial charge in [0.25, 0.3) is 0 Å². The summed E-state index contributed by atoms with van der Waals surface area (Å²) in [7, 11) is 3.39. The molecule has 2 aromatic heterocycles. The number of aryl methyl sites for hydroxylation is 1. The molecule has 6 nitrogen and oxygen atoms in total. The zero-order chi connectivity index (χ0) is 11.4. The van der Waals surface area contributed by atoms with Gasteiger partial charge in [0.2, 0.25) is 5.95 Å². The lowest BCUT2D eigenvalue weighted by molar-refractivity contribution is 0.878. The van der Waals surface area contributed by atoms with E-state index in [0.717, 1.165) is 0 Å². The molecule has 0 atom stereocenters. The Balaban J connectivity index is 0.000000531. The quantitative estimate of drug-likeness (QED) is 0.725. The molecule has 0 amide bonds. The minimum absolute atomic E-state index is 0.183. The number of nitrogens with zero attached hydrogens (tertiary/aromatic N) is 3. The lowest BCUT2D eigenvalue weighted by atomic mass is 10.5. The van der Waals surface area contributed by atoms with Gasteiger partial charge in [0.05, 0.1) is 6.20 Å². The first kappa shape index (κ1) is 11.2. The first-order valence-corrected chi connectivity index (χ1v) is 4.82. The Bertz CT molecular complexity index is 499. The summed E-state index contributed by atoms with van der Waals surface area (Å²) in [6.07, 6.45) is 1.58. The van der Waals surface area contributed by atoms with Crippen LogP contribution in [-0.2, 0) is 7.05 Å². The van der Waals surface area contributed by atoms with Crippen LogP contribution in [0.25, 0.3) is 11.2 Å². The standard InChI is InChI=1S/C7H9N5O.C2H6/c1-8-6-9-3-4-5(11-6)12(2)7(13)10-4;1-2/h3H,1-2H3,(H,10,13)(H,8,9,11);1-2H3.